The van der Waals surface area contributed by atoms with Gasteiger partial charge >= 0.3 is 6.03 Å². The molecule has 416 valence electrons. The van der Waals surface area contributed by atoms with Gasteiger partial charge in [0.1, 0.15) is 12.7 Å². The molecule has 4 saturated heterocycles. The number of benzene rings is 6. The highest BCUT2D eigenvalue weighted by Crippen LogP contribution is 2.40. The van der Waals surface area contributed by atoms with Gasteiger partial charge in [0.15, 0.2) is 0 Å². The van der Waals surface area contributed by atoms with Crippen LogP contribution < -0.4 is 5.32 Å². The van der Waals surface area contributed by atoms with Gasteiger partial charge in [-0.25, -0.2) is 4.79 Å². The van der Waals surface area contributed by atoms with Gasteiger partial charge in [0.25, 0.3) is 0 Å². The monoisotopic (exact) mass is 1060 g/mol. The lowest BCUT2D eigenvalue weighted by Gasteiger charge is -2.48. The molecule has 0 aromatic heterocycles. The number of hydrogen-bond donors (Lipinski definition) is 1. The highest BCUT2D eigenvalue weighted by atomic mass is 16.5. The lowest BCUT2D eigenvalue weighted by atomic mass is 9.83. The average molecular weight is 1060 g/mol. The second-order valence-corrected chi connectivity index (χ2v) is 24.5. The Labute approximate surface area is 472 Å². The minimum absolute atomic E-state index is 0.0114. The maximum absolute atomic E-state index is 14.0. The second-order valence-electron chi connectivity index (χ2n) is 24.5. The van der Waals surface area contributed by atoms with Crippen LogP contribution in [-0.2, 0) is 16.0 Å². The molecule has 10 heteroatoms. The number of hydrogen-bond acceptors (Lipinski definition) is 7. The molecule has 1 N–H and O–H groups in total. The lowest BCUT2D eigenvalue weighted by molar-refractivity contribution is -0.139. The molecule has 0 radical (unpaired) electrons. The van der Waals surface area contributed by atoms with Crippen molar-refractivity contribution < 1.29 is 14.3 Å². The summed E-state index contributed by atoms with van der Waals surface area (Å²) in [4.78, 5) is 42.8. The molecule has 0 spiro atoms. The Morgan fingerprint density at radius 2 is 0.835 bits per heavy atom. The normalized spacial score (nSPS) is 18.9. The van der Waals surface area contributed by atoms with Gasteiger partial charge in [-0.05, 0) is 118 Å². The van der Waals surface area contributed by atoms with Gasteiger partial charge in [-0.2, -0.15) is 0 Å². The van der Waals surface area contributed by atoms with Crippen molar-refractivity contribution in [1.82, 2.24) is 34.7 Å². The van der Waals surface area contributed by atoms with Crippen molar-refractivity contribution in [1.29, 1.82) is 0 Å². The topological polar surface area (TPSA) is 74.8 Å². The summed E-state index contributed by atoms with van der Waals surface area (Å²) in [6.07, 6.45) is 4.60. The van der Waals surface area contributed by atoms with E-state index in [4.69, 9.17) is 4.74 Å². The molecule has 0 aliphatic carbocycles. The van der Waals surface area contributed by atoms with Crippen LogP contribution in [0.2, 0.25) is 0 Å². The third kappa shape index (κ3) is 14.1. The number of likely N-dealkylation sites (tertiary alicyclic amines) is 2. The van der Waals surface area contributed by atoms with E-state index >= 15 is 0 Å². The molecule has 6 aromatic carbocycles. The maximum atomic E-state index is 14.0. The molecule has 6 aromatic rings. The van der Waals surface area contributed by atoms with E-state index in [-0.39, 0.29) is 41.8 Å². The Bertz CT molecular complexity index is 2720. The van der Waals surface area contributed by atoms with Crippen LogP contribution in [0.4, 0.5) is 4.79 Å². The van der Waals surface area contributed by atoms with Crippen LogP contribution in [0.25, 0.3) is 0 Å². The summed E-state index contributed by atoms with van der Waals surface area (Å²) in [6, 6.07) is 62.4. The molecule has 10 rings (SSSR count). The van der Waals surface area contributed by atoms with Gasteiger partial charge < -0.3 is 19.9 Å². The Balaban J connectivity index is 0.755. The van der Waals surface area contributed by atoms with E-state index in [1.807, 2.05) is 82.6 Å². The van der Waals surface area contributed by atoms with Crippen molar-refractivity contribution >= 4 is 11.9 Å². The molecule has 4 fully saturated rings. The average Bonchev–Trinajstić information content (AvgIpc) is 3.52. The van der Waals surface area contributed by atoms with Crippen LogP contribution in [0, 0.1) is 11.8 Å². The maximum Gasteiger partial charge on any atom is 0.318 e. The van der Waals surface area contributed by atoms with Crippen LogP contribution in [-0.4, -0.2) is 138 Å². The molecular weight excluding hydrogens is 975 g/mol. The van der Waals surface area contributed by atoms with Gasteiger partial charge in [-0.15, -0.1) is 0 Å². The van der Waals surface area contributed by atoms with Crippen LogP contribution >= 0.6 is 0 Å². The molecule has 4 aliphatic rings. The predicted molar refractivity (Wildman–Crippen MR) is 320 cm³/mol. The number of piperazine rings is 2. The molecule has 0 saturated carbocycles. The number of urea groups is 1. The van der Waals surface area contributed by atoms with Gasteiger partial charge in [0, 0.05) is 102 Å². The van der Waals surface area contributed by atoms with Crippen LogP contribution in [0.3, 0.4) is 0 Å². The molecule has 3 amide bonds. The lowest BCUT2D eigenvalue weighted by Crippen LogP contribution is -2.57. The number of rotatable bonds is 17. The molecule has 4 heterocycles. The molecule has 10 nitrogen and oxygen atoms in total. The van der Waals surface area contributed by atoms with E-state index in [0.717, 1.165) is 133 Å². The summed E-state index contributed by atoms with van der Waals surface area (Å²) in [7, 11) is 0. The van der Waals surface area contributed by atoms with Crippen molar-refractivity contribution in [3.63, 3.8) is 0 Å². The van der Waals surface area contributed by atoms with Crippen molar-refractivity contribution in [3.8, 4) is 0 Å². The molecule has 2 unspecified atom stereocenters. The van der Waals surface area contributed by atoms with Gasteiger partial charge in [0.2, 0.25) is 5.91 Å². The first kappa shape index (κ1) is 56.1. The predicted octanol–water partition coefficient (Wildman–Crippen LogP) is 12.1. The van der Waals surface area contributed by atoms with Crippen molar-refractivity contribution in [2.24, 2.45) is 11.8 Å². The minimum Gasteiger partial charge on any atom is -0.359 e. The Morgan fingerprint density at radius 3 is 1.27 bits per heavy atom. The van der Waals surface area contributed by atoms with Crippen LogP contribution in [0.1, 0.15) is 123 Å². The highest BCUT2D eigenvalue weighted by molar-refractivity contribution is 5.77. The standard InChI is InChI=1S/C69H87N7O3/c1-68(2,3)75-47-43-72(44-48-75)65(58-35-39-71(40-36-58)62(77)52-79-66(60-27-17-9-18-28-60)61-29-19-10-20-30-61)57-33-31-53(32-34-57)51-69(4,5)76-49-45-73(46-50-76)64(56-25-15-8-16-26-56)59-37-41-74(42-38-59)67(78)70-63(54-21-11-6-12-22-54)55-23-13-7-14-24-55/h6-34,58-59,63-66H,35-52H2,1-5H3,(H,70,78). The van der Waals surface area contributed by atoms with Crippen LogP contribution in [0.15, 0.2) is 176 Å². The number of amides is 3. The zero-order valence-corrected chi connectivity index (χ0v) is 47.8. The van der Waals surface area contributed by atoms with E-state index in [2.05, 4.69) is 163 Å². The Hall–Kier alpha value is -6.14. The third-order valence-electron chi connectivity index (χ3n) is 18.0. The number of carbonyl (C=O) groups excluding carboxylic acids is 2. The van der Waals surface area contributed by atoms with Gasteiger partial charge in [-0.3, -0.25) is 24.4 Å². The fraction of sp³-hybridized carbons (Fsp3) is 0.449. The molecule has 79 heavy (non-hydrogen) atoms. The number of piperidine rings is 2. The largest absolute Gasteiger partial charge is 0.359 e. The smallest absolute Gasteiger partial charge is 0.318 e. The van der Waals surface area contributed by atoms with Crippen molar-refractivity contribution in [2.45, 2.75) is 102 Å². The SMILES string of the molecule is CC(C)(C)N1CCN(C(c2ccc(CC(C)(C)N3CCN(C(c4ccccc4)C4CCN(C(=O)NC(c5ccccc5)c5ccccc5)CC4)CC3)cc2)C2CCN(C(=O)COC(c3ccccc3)c3ccccc3)CC2)CC1. The van der Waals surface area contributed by atoms with E-state index in [1.165, 1.54) is 16.7 Å². The number of carbonyl (C=O) groups is 2. The Kier molecular flexibility index (Phi) is 18.5. The van der Waals surface area contributed by atoms with Crippen molar-refractivity contribution in [3.05, 3.63) is 215 Å². The first-order valence-corrected chi connectivity index (χ1v) is 29.6. The van der Waals surface area contributed by atoms with Gasteiger partial charge in [-0.1, -0.05) is 176 Å². The summed E-state index contributed by atoms with van der Waals surface area (Å²) >= 11 is 0. The fourth-order valence-corrected chi connectivity index (χ4v) is 13.6. The first-order chi connectivity index (χ1) is 38.4. The van der Waals surface area contributed by atoms with E-state index < -0.39 is 0 Å². The summed E-state index contributed by atoms with van der Waals surface area (Å²) < 4.78 is 6.46. The minimum atomic E-state index is -0.291. The summed E-state index contributed by atoms with van der Waals surface area (Å²) in [5.41, 5.74) is 8.60. The number of nitrogens with one attached hydrogen (secondary N) is 1. The molecule has 0 bridgehead atoms. The molecular formula is C69H87N7O3. The summed E-state index contributed by atoms with van der Waals surface area (Å²) in [5, 5.41) is 3.41. The first-order valence-electron chi connectivity index (χ1n) is 29.6. The fourth-order valence-electron chi connectivity index (χ4n) is 13.6. The third-order valence-corrected chi connectivity index (χ3v) is 18.0. The van der Waals surface area contributed by atoms with E-state index in [1.54, 1.807) is 0 Å². The molecule has 2 atom stereocenters. The van der Waals surface area contributed by atoms with Gasteiger partial charge in [0.05, 0.1) is 6.04 Å². The van der Waals surface area contributed by atoms with Crippen molar-refractivity contribution in [2.75, 3.05) is 85.1 Å². The Morgan fingerprint density at radius 1 is 0.456 bits per heavy atom. The second kappa shape index (κ2) is 26.0. The van der Waals surface area contributed by atoms with E-state index in [9.17, 15) is 9.59 Å². The zero-order chi connectivity index (χ0) is 54.8. The zero-order valence-electron chi connectivity index (χ0n) is 47.8. The molecule has 4 aliphatic heterocycles. The quantitative estimate of drug-likeness (QED) is 0.0975. The summed E-state index contributed by atoms with van der Waals surface area (Å²) in [5.74, 6) is 0.990. The number of ether oxygens (including phenoxy) is 1. The highest BCUT2D eigenvalue weighted by Gasteiger charge is 2.39. The number of nitrogens with zero attached hydrogens (tertiary/aromatic N) is 6. The summed E-state index contributed by atoms with van der Waals surface area (Å²) in [6.45, 7) is 23.2. The van der Waals surface area contributed by atoms with E-state index in [0.29, 0.717) is 23.9 Å². The van der Waals surface area contributed by atoms with Crippen LogP contribution in [0.5, 0.6) is 0 Å².